The molecule has 2 atom stereocenters. The van der Waals surface area contributed by atoms with Crippen molar-refractivity contribution in [3.8, 4) is 0 Å². The fraction of sp³-hybridized carbons (Fsp3) is 0.290. The minimum atomic E-state index is -0.121. The van der Waals surface area contributed by atoms with E-state index in [9.17, 15) is 14.7 Å². The number of nitrogens with zero attached hydrogens (tertiary/aromatic N) is 2. The molecule has 1 heterocycles. The number of aliphatic hydroxyl groups excluding tert-OH is 1. The molecule has 6 heteroatoms. The molecule has 0 amide bonds. The first-order valence-electron chi connectivity index (χ1n) is 12.8. The average Bonchev–Trinajstić information content (AvgIpc) is 3.35. The Kier molecular flexibility index (Phi) is 7.26. The van der Waals surface area contributed by atoms with Gasteiger partial charge in [-0.2, -0.15) is 0 Å². The lowest BCUT2D eigenvalue weighted by Gasteiger charge is -2.26. The molecule has 1 aromatic heterocycles. The summed E-state index contributed by atoms with van der Waals surface area (Å²) in [5, 5.41) is 15.2. The van der Waals surface area contributed by atoms with Crippen LogP contribution in [0.25, 0.3) is 0 Å². The van der Waals surface area contributed by atoms with Crippen molar-refractivity contribution in [3.63, 3.8) is 0 Å². The van der Waals surface area contributed by atoms with Gasteiger partial charge in [-0.25, -0.2) is 0 Å². The van der Waals surface area contributed by atoms with Crippen molar-refractivity contribution in [1.82, 2.24) is 5.16 Å². The molecule has 2 aliphatic carbocycles. The maximum absolute atomic E-state index is 13.2. The first-order chi connectivity index (χ1) is 18.0. The highest BCUT2D eigenvalue weighted by Crippen LogP contribution is 2.36. The van der Waals surface area contributed by atoms with E-state index in [-0.39, 0.29) is 35.6 Å². The molecule has 188 valence electrons. The van der Waals surface area contributed by atoms with Crippen LogP contribution >= 0.6 is 0 Å². The summed E-state index contributed by atoms with van der Waals surface area (Å²) in [7, 11) is 0. The van der Waals surface area contributed by atoms with Gasteiger partial charge in [0, 0.05) is 37.8 Å². The summed E-state index contributed by atoms with van der Waals surface area (Å²) in [5.41, 5.74) is 4.16. The van der Waals surface area contributed by atoms with Crippen LogP contribution in [0, 0.1) is 0 Å². The summed E-state index contributed by atoms with van der Waals surface area (Å²) in [6.07, 6.45) is 4.06. The van der Waals surface area contributed by atoms with Gasteiger partial charge in [-0.3, -0.25) is 14.6 Å². The third kappa shape index (κ3) is 5.24. The number of aryl methyl sites for hydroxylation is 1. The summed E-state index contributed by atoms with van der Waals surface area (Å²) >= 11 is 0. The van der Waals surface area contributed by atoms with Gasteiger partial charge in [0.15, 0.2) is 11.6 Å². The number of ketones is 2. The number of hydrogen-bond donors (Lipinski definition) is 1. The second kappa shape index (κ2) is 10.9. The number of carbonyl (C=O) groups is 2. The van der Waals surface area contributed by atoms with E-state index >= 15 is 0 Å². The summed E-state index contributed by atoms with van der Waals surface area (Å²) in [6, 6.07) is 19.9. The Morgan fingerprint density at radius 1 is 0.946 bits per heavy atom. The molecule has 6 nitrogen and oxygen atoms in total. The Bertz CT molecular complexity index is 1370. The number of Topliss-reactive ketones (excluding diaryl/α,β-unsaturated/α-hetero) is 2. The van der Waals surface area contributed by atoms with Crippen LogP contribution in [0.1, 0.15) is 70.5 Å². The molecule has 0 spiro atoms. The van der Waals surface area contributed by atoms with E-state index in [4.69, 9.17) is 4.52 Å². The van der Waals surface area contributed by atoms with E-state index in [1.54, 1.807) is 6.08 Å². The van der Waals surface area contributed by atoms with Gasteiger partial charge in [0.05, 0.1) is 23.4 Å². The third-order valence-electron chi connectivity index (χ3n) is 7.26. The van der Waals surface area contributed by atoms with Crippen LogP contribution < -0.4 is 0 Å². The molecule has 5 rings (SSSR count). The first-order valence-corrected chi connectivity index (χ1v) is 12.8. The van der Waals surface area contributed by atoms with Gasteiger partial charge >= 0.3 is 0 Å². The van der Waals surface area contributed by atoms with Crippen LogP contribution in [0.2, 0.25) is 0 Å². The minimum Gasteiger partial charge on any atom is -0.511 e. The summed E-state index contributed by atoms with van der Waals surface area (Å²) in [6.45, 7) is 4.10. The fourth-order valence-corrected chi connectivity index (χ4v) is 5.43. The molecule has 0 saturated heterocycles. The predicted molar refractivity (Wildman–Crippen MR) is 142 cm³/mol. The van der Waals surface area contributed by atoms with E-state index in [2.05, 4.69) is 16.7 Å². The van der Waals surface area contributed by atoms with Crippen LogP contribution in [0.15, 0.2) is 94.2 Å². The molecule has 2 unspecified atom stereocenters. The molecule has 1 N–H and O–H groups in total. The Labute approximate surface area is 216 Å². The van der Waals surface area contributed by atoms with Gasteiger partial charge in [-0.15, -0.1) is 6.58 Å². The van der Waals surface area contributed by atoms with Crippen molar-refractivity contribution in [2.45, 2.75) is 50.4 Å². The number of rotatable bonds is 7. The summed E-state index contributed by atoms with van der Waals surface area (Å²) in [4.78, 5) is 30.8. The van der Waals surface area contributed by atoms with Crippen LogP contribution in [0.5, 0.6) is 0 Å². The fourth-order valence-electron chi connectivity index (χ4n) is 5.43. The smallest absolute Gasteiger partial charge is 0.168 e. The Hall–Kier alpha value is -4.06. The number of aliphatic imine (C=N–C) groups is 1. The molecule has 0 bridgehead atoms. The van der Waals surface area contributed by atoms with Crippen molar-refractivity contribution in [1.29, 1.82) is 0 Å². The maximum atomic E-state index is 13.2. The SMILES string of the molecule is C=CCN=C1CC(c2ccccc2)CC(=O)/C1=C(\O)CCc1noc2c1C(=O)CC(c1ccccc1)C2. The van der Waals surface area contributed by atoms with E-state index in [1.807, 2.05) is 60.7 Å². The number of aromatic nitrogens is 1. The second-order valence-electron chi connectivity index (χ2n) is 9.70. The van der Waals surface area contributed by atoms with Crippen LogP contribution in [-0.4, -0.2) is 34.1 Å². The molecular formula is C31H30N2O4. The van der Waals surface area contributed by atoms with E-state index in [0.717, 1.165) is 11.1 Å². The zero-order valence-corrected chi connectivity index (χ0v) is 20.7. The van der Waals surface area contributed by atoms with E-state index < -0.39 is 0 Å². The Balaban J connectivity index is 1.34. The zero-order chi connectivity index (χ0) is 25.8. The van der Waals surface area contributed by atoms with Crippen molar-refractivity contribution in [2.75, 3.05) is 6.54 Å². The number of allylic oxidation sites excluding steroid dienone is 2. The maximum Gasteiger partial charge on any atom is 0.168 e. The van der Waals surface area contributed by atoms with Gasteiger partial charge in [0.2, 0.25) is 0 Å². The molecular weight excluding hydrogens is 464 g/mol. The number of carbonyl (C=O) groups excluding carboxylic acids is 2. The summed E-state index contributed by atoms with van der Waals surface area (Å²) in [5.74, 6) is 0.558. The Morgan fingerprint density at radius 2 is 1.57 bits per heavy atom. The van der Waals surface area contributed by atoms with Crippen molar-refractivity contribution < 1.29 is 19.2 Å². The highest BCUT2D eigenvalue weighted by molar-refractivity contribution is 6.24. The number of hydrogen-bond acceptors (Lipinski definition) is 6. The predicted octanol–water partition coefficient (Wildman–Crippen LogP) is 6.11. The first kappa shape index (κ1) is 24.6. The van der Waals surface area contributed by atoms with Crippen molar-refractivity contribution in [3.05, 3.63) is 113 Å². The normalized spacial score (nSPS) is 22.1. The molecule has 2 aromatic carbocycles. The number of benzene rings is 2. The topological polar surface area (TPSA) is 92.8 Å². The Morgan fingerprint density at radius 3 is 2.22 bits per heavy atom. The van der Waals surface area contributed by atoms with Gasteiger partial charge in [0.25, 0.3) is 0 Å². The lowest BCUT2D eigenvalue weighted by molar-refractivity contribution is -0.116. The van der Waals surface area contributed by atoms with Crippen molar-refractivity contribution in [2.24, 2.45) is 4.99 Å². The zero-order valence-electron chi connectivity index (χ0n) is 20.7. The molecule has 1 fully saturated rings. The summed E-state index contributed by atoms with van der Waals surface area (Å²) < 4.78 is 5.58. The number of fused-ring (bicyclic) bond motifs is 1. The van der Waals surface area contributed by atoms with E-state index in [1.165, 1.54) is 0 Å². The molecule has 0 aliphatic heterocycles. The highest BCUT2D eigenvalue weighted by atomic mass is 16.5. The van der Waals surface area contributed by atoms with Gasteiger partial charge in [-0.1, -0.05) is 71.9 Å². The second-order valence-corrected chi connectivity index (χ2v) is 9.70. The van der Waals surface area contributed by atoms with Crippen LogP contribution in [0.3, 0.4) is 0 Å². The number of aliphatic hydroxyl groups is 1. The standard InChI is InChI=1S/C31H30N2O4/c1-2-15-32-25-16-22(20-9-5-3-6-10-20)17-27(35)30(25)26(34)14-13-24-31-28(36)18-23(19-29(31)37-33-24)21-11-7-4-8-12-21/h2-12,22-23,34H,1,13-19H2/b30-26-,32-25?. The van der Waals surface area contributed by atoms with Crippen molar-refractivity contribution >= 4 is 17.3 Å². The van der Waals surface area contributed by atoms with Gasteiger partial charge in [0.1, 0.15) is 11.5 Å². The van der Waals surface area contributed by atoms with Crippen LogP contribution in [-0.2, 0) is 17.6 Å². The van der Waals surface area contributed by atoms with E-state index in [0.29, 0.717) is 67.0 Å². The molecule has 37 heavy (non-hydrogen) atoms. The largest absolute Gasteiger partial charge is 0.511 e. The third-order valence-corrected chi connectivity index (χ3v) is 7.26. The highest BCUT2D eigenvalue weighted by Gasteiger charge is 2.34. The minimum absolute atomic E-state index is 0.00572. The lowest BCUT2D eigenvalue weighted by Crippen LogP contribution is -2.27. The average molecular weight is 495 g/mol. The van der Waals surface area contributed by atoms with Crippen LogP contribution in [0.4, 0.5) is 0 Å². The molecule has 1 saturated carbocycles. The molecule has 2 aliphatic rings. The van der Waals surface area contributed by atoms with Gasteiger partial charge in [-0.05, 0) is 29.4 Å². The monoisotopic (exact) mass is 494 g/mol. The molecule has 0 radical (unpaired) electrons. The van der Waals surface area contributed by atoms with Gasteiger partial charge < -0.3 is 9.63 Å². The quantitative estimate of drug-likeness (QED) is 0.243. The lowest BCUT2D eigenvalue weighted by atomic mass is 9.78. The molecule has 3 aromatic rings.